The molecule has 1 rings (SSSR count). The lowest BCUT2D eigenvalue weighted by atomic mass is 10.0. The number of hydrogen-bond acceptors (Lipinski definition) is 6. The number of carbonyl (C=O) groups excluding carboxylic acids is 1. The highest BCUT2D eigenvalue weighted by Gasteiger charge is 2.20. The Morgan fingerprint density at radius 1 is 1.24 bits per heavy atom. The predicted octanol–water partition coefficient (Wildman–Crippen LogP) is 1.18. The smallest absolute Gasteiger partial charge is 0.251 e. The van der Waals surface area contributed by atoms with Gasteiger partial charge in [0.25, 0.3) is 5.91 Å². The quantitative estimate of drug-likeness (QED) is 0.598. The maximum absolute atomic E-state index is 12.5. The van der Waals surface area contributed by atoms with E-state index in [1.54, 1.807) is 0 Å². The summed E-state index contributed by atoms with van der Waals surface area (Å²) in [4.78, 5) is 12.5. The standard InChI is InChI=1S/C16H27N3O5S/c1-10(2)6-12(9-17)18-16(20)11-7-13(19-25(5,21)22)15(24-4)14(8-11)23-3/h7-8,10,12,19H,6,9,17H2,1-5H3,(H,18,20). The Kier molecular flexibility index (Phi) is 7.50. The van der Waals surface area contributed by atoms with Gasteiger partial charge in [0, 0.05) is 18.2 Å². The molecule has 1 atom stereocenters. The minimum atomic E-state index is -3.56. The summed E-state index contributed by atoms with van der Waals surface area (Å²) in [6.07, 6.45) is 1.75. The highest BCUT2D eigenvalue weighted by molar-refractivity contribution is 7.92. The van der Waals surface area contributed by atoms with Crippen molar-refractivity contribution in [1.29, 1.82) is 0 Å². The second-order valence-corrected chi connectivity index (χ2v) is 7.92. The molecule has 1 unspecified atom stereocenters. The van der Waals surface area contributed by atoms with Crippen molar-refractivity contribution in [1.82, 2.24) is 5.32 Å². The van der Waals surface area contributed by atoms with Gasteiger partial charge in [-0.15, -0.1) is 0 Å². The van der Waals surface area contributed by atoms with Crippen molar-refractivity contribution in [2.45, 2.75) is 26.3 Å². The van der Waals surface area contributed by atoms with Crippen LogP contribution in [0, 0.1) is 5.92 Å². The van der Waals surface area contributed by atoms with E-state index in [0.29, 0.717) is 12.5 Å². The molecule has 1 aromatic carbocycles. The molecule has 8 nitrogen and oxygen atoms in total. The molecule has 0 aliphatic rings. The van der Waals surface area contributed by atoms with E-state index in [0.717, 1.165) is 12.7 Å². The Labute approximate surface area is 149 Å². The Morgan fingerprint density at radius 3 is 2.32 bits per heavy atom. The molecule has 0 fully saturated rings. The molecule has 1 aromatic rings. The van der Waals surface area contributed by atoms with Crippen molar-refractivity contribution < 1.29 is 22.7 Å². The number of hydrogen-bond donors (Lipinski definition) is 3. The number of benzene rings is 1. The van der Waals surface area contributed by atoms with Crippen LogP contribution in [0.1, 0.15) is 30.6 Å². The van der Waals surface area contributed by atoms with Crippen LogP contribution in [-0.2, 0) is 10.0 Å². The van der Waals surface area contributed by atoms with Gasteiger partial charge >= 0.3 is 0 Å². The van der Waals surface area contributed by atoms with Crippen LogP contribution in [0.4, 0.5) is 5.69 Å². The zero-order valence-corrected chi connectivity index (χ0v) is 16.1. The number of amides is 1. The first-order valence-corrected chi connectivity index (χ1v) is 9.75. The fourth-order valence-electron chi connectivity index (χ4n) is 2.42. The Morgan fingerprint density at radius 2 is 1.88 bits per heavy atom. The highest BCUT2D eigenvalue weighted by Crippen LogP contribution is 2.37. The van der Waals surface area contributed by atoms with E-state index in [4.69, 9.17) is 15.2 Å². The second kappa shape index (κ2) is 8.91. The maximum atomic E-state index is 12.5. The molecule has 4 N–H and O–H groups in total. The van der Waals surface area contributed by atoms with Crippen molar-refractivity contribution in [2.75, 3.05) is 31.7 Å². The molecule has 0 bridgehead atoms. The lowest BCUT2D eigenvalue weighted by Crippen LogP contribution is -2.41. The van der Waals surface area contributed by atoms with Crippen LogP contribution in [0.5, 0.6) is 11.5 Å². The number of rotatable bonds is 9. The number of carbonyl (C=O) groups is 1. The van der Waals surface area contributed by atoms with Gasteiger partial charge in [0.05, 0.1) is 26.2 Å². The maximum Gasteiger partial charge on any atom is 0.251 e. The van der Waals surface area contributed by atoms with Gasteiger partial charge in [-0.3, -0.25) is 9.52 Å². The topological polar surface area (TPSA) is 120 Å². The number of nitrogens with two attached hydrogens (primary N) is 1. The van der Waals surface area contributed by atoms with Gasteiger partial charge in [-0.05, 0) is 24.5 Å². The molecule has 142 valence electrons. The van der Waals surface area contributed by atoms with Gasteiger partial charge in [0.2, 0.25) is 10.0 Å². The molecule has 0 saturated carbocycles. The Balaban J connectivity index is 3.22. The summed E-state index contributed by atoms with van der Waals surface area (Å²) in [7, 11) is -0.763. The molecule has 0 saturated heterocycles. The fourth-order valence-corrected chi connectivity index (χ4v) is 2.97. The first-order valence-electron chi connectivity index (χ1n) is 7.86. The van der Waals surface area contributed by atoms with Crippen LogP contribution < -0.4 is 25.2 Å². The lowest BCUT2D eigenvalue weighted by molar-refractivity contribution is 0.0933. The average molecular weight is 373 g/mol. The van der Waals surface area contributed by atoms with Gasteiger partial charge in [-0.1, -0.05) is 13.8 Å². The molecular formula is C16H27N3O5S. The lowest BCUT2D eigenvalue weighted by Gasteiger charge is -2.20. The van der Waals surface area contributed by atoms with Gasteiger partial charge < -0.3 is 20.5 Å². The summed E-state index contributed by atoms with van der Waals surface area (Å²) in [5.41, 5.74) is 6.08. The van der Waals surface area contributed by atoms with Crippen molar-refractivity contribution >= 4 is 21.6 Å². The van der Waals surface area contributed by atoms with Crippen LogP contribution in [0.2, 0.25) is 0 Å². The van der Waals surface area contributed by atoms with Gasteiger partial charge in [0.15, 0.2) is 11.5 Å². The van der Waals surface area contributed by atoms with E-state index in [-0.39, 0.29) is 34.7 Å². The molecule has 0 aromatic heterocycles. The first-order chi connectivity index (χ1) is 11.6. The summed E-state index contributed by atoms with van der Waals surface area (Å²) in [5, 5.41) is 2.86. The molecule has 25 heavy (non-hydrogen) atoms. The van der Waals surface area contributed by atoms with Gasteiger partial charge in [-0.25, -0.2) is 8.42 Å². The summed E-state index contributed by atoms with van der Waals surface area (Å²) in [5.74, 6) is 0.451. The van der Waals surface area contributed by atoms with E-state index < -0.39 is 10.0 Å². The van der Waals surface area contributed by atoms with Crippen molar-refractivity contribution in [3.8, 4) is 11.5 Å². The number of nitrogens with one attached hydrogen (secondary N) is 2. The van der Waals surface area contributed by atoms with Crippen LogP contribution in [0.15, 0.2) is 12.1 Å². The Hall–Kier alpha value is -2.00. The third-order valence-corrected chi connectivity index (χ3v) is 4.00. The number of anilines is 1. The SMILES string of the molecule is COc1cc(C(=O)NC(CN)CC(C)C)cc(NS(C)(=O)=O)c1OC. The van der Waals surface area contributed by atoms with Crippen LogP contribution >= 0.6 is 0 Å². The fraction of sp³-hybridized carbons (Fsp3) is 0.562. The van der Waals surface area contributed by atoms with E-state index in [9.17, 15) is 13.2 Å². The number of methoxy groups -OCH3 is 2. The second-order valence-electron chi connectivity index (χ2n) is 6.17. The third-order valence-electron chi connectivity index (χ3n) is 3.41. The molecule has 0 aliphatic heterocycles. The number of ether oxygens (including phenoxy) is 2. The minimum absolute atomic E-state index is 0.127. The van der Waals surface area contributed by atoms with Crippen molar-refractivity contribution in [2.24, 2.45) is 11.7 Å². The first kappa shape index (κ1) is 21.0. The summed E-state index contributed by atoms with van der Waals surface area (Å²) in [6.45, 7) is 4.39. The molecule has 1 amide bonds. The van der Waals surface area contributed by atoms with Crippen LogP contribution in [0.3, 0.4) is 0 Å². The summed E-state index contributed by atoms with van der Waals surface area (Å²) < 4.78 is 35.9. The van der Waals surface area contributed by atoms with E-state index >= 15 is 0 Å². The van der Waals surface area contributed by atoms with E-state index in [1.165, 1.54) is 26.4 Å². The normalized spacial score (nSPS) is 12.6. The molecule has 0 heterocycles. The highest BCUT2D eigenvalue weighted by atomic mass is 32.2. The average Bonchev–Trinajstić information content (AvgIpc) is 2.51. The largest absolute Gasteiger partial charge is 0.493 e. The van der Waals surface area contributed by atoms with Crippen molar-refractivity contribution in [3.05, 3.63) is 17.7 Å². The Bertz CT molecular complexity index is 704. The zero-order chi connectivity index (χ0) is 19.2. The van der Waals surface area contributed by atoms with Crippen LogP contribution in [0.25, 0.3) is 0 Å². The predicted molar refractivity (Wildman–Crippen MR) is 97.8 cm³/mol. The molecular weight excluding hydrogens is 346 g/mol. The third kappa shape index (κ3) is 6.43. The van der Waals surface area contributed by atoms with Crippen LogP contribution in [-0.4, -0.2) is 47.4 Å². The molecule has 9 heteroatoms. The van der Waals surface area contributed by atoms with Crippen molar-refractivity contribution in [3.63, 3.8) is 0 Å². The van der Waals surface area contributed by atoms with E-state index in [2.05, 4.69) is 10.0 Å². The minimum Gasteiger partial charge on any atom is -0.493 e. The van der Waals surface area contributed by atoms with Gasteiger partial charge in [0.1, 0.15) is 0 Å². The number of sulfonamides is 1. The molecule has 0 spiro atoms. The summed E-state index contributed by atoms with van der Waals surface area (Å²) in [6, 6.07) is 2.72. The monoisotopic (exact) mass is 373 g/mol. The zero-order valence-electron chi connectivity index (χ0n) is 15.3. The van der Waals surface area contributed by atoms with E-state index in [1.807, 2.05) is 13.8 Å². The molecule has 0 aliphatic carbocycles. The van der Waals surface area contributed by atoms with Gasteiger partial charge in [-0.2, -0.15) is 0 Å². The molecule has 0 radical (unpaired) electrons. The summed E-state index contributed by atoms with van der Waals surface area (Å²) >= 11 is 0.